The third kappa shape index (κ3) is 5.64. The Morgan fingerprint density at radius 3 is 2.13 bits per heavy atom. The van der Waals surface area contributed by atoms with E-state index in [1.54, 1.807) is 30.3 Å². The van der Waals surface area contributed by atoms with Gasteiger partial charge in [-0.25, -0.2) is 0 Å². The second-order valence-electron chi connectivity index (χ2n) is 3.17. The Bertz CT molecular complexity index is 274. The molecular formula is C10H13ClF3N. The number of nitrogens with two attached hydrogens (primary N) is 1. The normalized spacial score (nSPS) is 13.1. The fraction of sp³-hybridized carbons (Fsp3) is 0.400. The van der Waals surface area contributed by atoms with Gasteiger partial charge in [0.15, 0.2) is 0 Å². The highest BCUT2D eigenvalue weighted by molar-refractivity contribution is 5.85. The molecule has 0 aliphatic carbocycles. The first kappa shape index (κ1) is 14.3. The predicted octanol–water partition coefficient (Wildman–Crippen LogP) is 3.45. The van der Waals surface area contributed by atoms with Crippen LogP contribution in [0, 0.1) is 0 Å². The lowest BCUT2D eigenvalue weighted by atomic mass is 10.0. The van der Waals surface area contributed by atoms with Crippen LogP contribution < -0.4 is 5.73 Å². The summed E-state index contributed by atoms with van der Waals surface area (Å²) in [6.07, 6.45) is -5.01. The van der Waals surface area contributed by atoms with E-state index in [2.05, 4.69) is 0 Å². The fourth-order valence-electron chi connectivity index (χ4n) is 1.19. The van der Waals surface area contributed by atoms with Crippen molar-refractivity contribution in [1.82, 2.24) is 0 Å². The molecule has 0 spiro atoms. The SMILES string of the molecule is Cl.N[C@H](CCC(F)(F)F)c1ccccc1. The monoisotopic (exact) mass is 239 g/mol. The van der Waals surface area contributed by atoms with Crippen LogP contribution >= 0.6 is 12.4 Å². The van der Waals surface area contributed by atoms with Crippen molar-refractivity contribution in [1.29, 1.82) is 0 Å². The molecule has 0 saturated carbocycles. The van der Waals surface area contributed by atoms with Gasteiger partial charge >= 0.3 is 6.18 Å². The van der Waals surface area contributed by atoms with Gasteiger partial charge in [0, 0.05) is 12.5 Å². The molecular weight excluding hydrogens is 227 g/mol. The van der Waals surface area contributed by atoms with E-state index in [9.17, 15) is 13.2 Å². The van der Waals surface area contributed by atoms with Crippen LogP contribution in [0.5, 0.6) is 0 Å². The fourth-order valence-corrected chi connectivity index (χ4v) is 1.19. The first-order valence-corrected chi connectivity index (χ1v) is 4.36. The average Bonchev–Trinajstić information content (AvgIpc) is 2.14. The van der Waals surface area contributed by atoms with E-state index in [4.69, 9.17) is 5.73 Å². The molecule has 0 amide bonds. The summed E-state index contributed by atoms with van der Waals surface area (Å²) in [6, 6.07) is 8.28. The minimum Gasteiger partial charge on any atom is -0.324 e. The first-order chi connectivity index (χ1) is 6.49. The van der Waals surface area contributed by atoms with Gasteiger partial charge in [0.2, 0.25) is 0 Å². The molecule has 0 aliphatic heterocycles. The van der Waals surface area contributed by atoms with Crippen molar-refractivity contribution in [2.24, 2.45) is 5.73 Å². The summed E-state index contributed by atoms with van der Waals surface area (Å²) in [7, 11) is 0. The van der Waals surface area contributed by atoms with Gasteiger partial charge in [-0.3, -0.25) is 0 Å². The second kappa shape index (κ2) is 5.98. The molecule has 0 bridgehead atoms. The van der Waals surface area contributed by atoms with E-state index in [1.807, 2.05) is 0 Å². The van der Waals surface area contributed by atoms with Crippen molar-refractivity contribution in [2.45, 2.75) is 25.1 Å². The van der Waals surface area contributed by atoms with Crippen LogP contribution in [-0.4, -0.2) is 6.18 Å². The van der Waals surface area contributed by atoms with E-state index in [0.717, 1.165) is 5.56 Å². The van der Waals surface area contributed by atoms with Gasteiger partial charge in [-0.2, -0.15) is 13.2 Å². The van der Waals surface area contributed by atoms with Gasteiger partial charge in [0.05, 0.1) is 0 Å². The van der Waals surface area contributed by atoms with E-state index >= 15 is 0 Å². The van der Waals surface area contributed by atoms with E-state index < -0.39 is 18.6 Å². The molecule has 0 fully saturated rings. The number of halogens is 4. The van der Waals surface area contributed by atoms with Crippen LogP contribution in [-0.2, 0) is 0 Å². The summed E-state index contributed by atoms with van der Waals surface area (Å²) < 4.78 is 35.6. The van der Waals surface area contributed by atoms with Crippen molar-refractivity contribution < 1.29 is 13.2 Å². The molecule has 1 atom stereocenters. The van der Waals surface area contributed by atoms with Gasteiger partial charge in [-0.05, 0) is 12.0 Å². The predicted molar refractivity (Wildman–Crippen MR) is 55.9 cm³/mol. The Morgan fingerprint density at radius 1 is 1.13 bits per heavy atom. The molecule has 15 heavy (non-hydrogen) atoms. The molecule has 1 aromatic carbocycles. The third-order valence-corrected chi connectivity index (χ3v) is 1.97. The third-order valence-electron chi connectivity index (χ3n) is 1.97. The highest BCUT2D eigenvalue weighted by Gasteiger charge is 2.27. The molecule has 1 rings (SSSR count). The molecule has 0 heterocycles. The standard InChI is InChI=1S/C10H12F3N.ClH/c11-10(12,13)7-6-9(14)8-4-2-1-3-5-8;/h1-5,9H,6-7,14H2;1H/t9-;/m1./s1. The first-order valence-electron chi connectivity index (χ1n) is 4.36. The minimum absolute atomic E-state index is 0. The lowest BCUT2D eigenvalue weighted by molar-refractivity contribution is -0.136. The topological polar surface area (TPSA) is 26.0 Å². The van der Waals surface area contributed by atoms with Gasteiger partial charge in [-0.15, -0.1) is 12.4 Å². The van der Waals surface area contributed by atoms with E-state index in [0.29, 0.717) is 0 Å². The molecule has 2 N–H and O–H groups in total. The number of hydrogen-bond acceptors (Lipinski definition) is 1. The molecule has 5 heteroatoms. The summed E-state index contributed by atoms with van der Waals surface area (Å²) in [5.41, 5.74) is 6.35. The Balaban J connectivity index is 0.00000196. The van der Waals surface area contributed by atoms with Crippen LogP contribution in [0.25, 0.3) is 0 Å². The van der Waals surface area contributed by atoms with Crippen LogP contribution in [0.1, 0.15) is 24.4 Å². The van der Waals surface area contributed by atoms with Gasteiger partial charge in [-0.1, -0.05) is 30.3 Å². The zero-order chi connectivity index (χ0) is 10.6. The zero-order valence-electron chi connectivity index (χ0n) is 8.00. The maximum Gasteiger partial charge on any atom is 0.389 e. The maximum atomic E-state index is 11.9. The summed E-state index contributed by atoms with van der Waals surface area (Å²) in [4.78, 5) is 0. The maximum absolute atomic E-state index is 11.9. The van der Waals surface area contributed by atoms with Crippen molar-refractivity contribution in [3.8, 4) is 0 Å². The molecule has 0 radical (unpaired) electrons. The van der Waals surface area contributed by atoms with E-state index in [1.165, 1.54) is 0 Å². The van der Waals surface area contributed by atoms with Crippen LogP contribution in [0.4, 0.5) is 13.2 Å². The average molecular weight is 240 g/mol. The molecule has 0 aliphatic rings. The number of alkyl halides is 3. The van der Waals surface area contributed by atoms with Gasteiger partial charge in [0.25, 0.3) is 0 Å². The van der Waals surface area contributed by atoms with Crippen molar-refractivity contribution in [3.63, 3.8) is 0 Å². The molecule has 86 valence electrons. The Hall–Kier alpha value is -0.740. The van der Waals surface area contributed by atoms with Crippen LogP contribution in [0.2, 0.25) is 0 Å². The highest BCUT2D eigenvalue weighted by atomic mass is 35.5. The molecule has 0 saturated heterocycles. The molecule has 1 nitrogen and oxygen atoms in total. The highest BCUT2D eigenvalue weighted by Crippen LogP contribution is 2.25. The summed E-state index contributed by atoms with van der Waals surface area (Å²) in [5.74, 6) is 0. The molecule has 0 aromatic heterocycles. The summed E-state index contributed by atoms with van der Waals surface area (Å²) >= 11 is 0. The second-order valence-corrected chi connectivity index (χ2v) is 3.17. The van der Waals surface area contributed by atoms with E-state index in [-0.39, 0.29) is 18.8 Å². The van der Waals surface area contributed by atoms with Gasteiger partial charge in [0.1, 0.15) is 0 Å². The number of rotatable bonds is 3. The lowest BCUT2D eigenvalue weighted by Gasteiger charge is -2.13. The Kier molecular flexibility index (Phi) is 5.68. The summed E-state index contributed by atoms with van der Waals surface area (Å²) in [6.45, 7) is 0. The smallest absolute Gasteiger partial charge is 0.324 e. The lowest BCUT2D eigenvalue weighted by Crippen LogP contribution is -2.15. The quantitative estimate of drug-likeness (QED) is 0.859. The van der Waals surface area contributed by atoms with Crippen molar-refractivity contribution in [3.05, 3.63) is 35.9 Å². The minimum atomic E-state index is -4.12. The van der Waals surface area contributed by atoms with Gasteiger partial charge < -0.3 is 5.73 Å². The van der Waals surface area contributed by atoms with Crippen molar-refractivity contribution >= 4 is 12.4 Å². The number of benzene rings is 1. The largest absolute Gasteiger partial charge is 0.389 e. The summed E-state index contributed by atoms with van der Waals surface area (Å²) in [5, 5.41) is 0. The molecule has 0 unspecified atom stereocenters. The van der Waals surface area contributed by atoms with Crippen molar-refractivity contribution in [2.75, 3.05) is 0 Å². The molecule has 1 aromatic rings. The Labute approximate surface area is 92.9 Å². The zero-order valence-corrected chi connectivity index (χ0v) is 8.81. The Morgan fingerprint density at radius 2 is 1.67 bits per heavy atom. The van der Waals surface area contributed by atoms with Crippen LogP contribution in [0.15, 0.2) is 30.3 Å². The van der Waals surface area contributed by atoms with Crippen LogP contribution in [0.3, 0.4) is 0 Å². The number of hydrogen-bond donors (Lipinski definition) is 1.